The van der Waals surface area contributed by atoms with Crippen molar-refractivity contribution in [3.05, 3.63) is 48.0 Å². The molecule has 0 heterocycles. The van der Waals surface area contributed by atoms with Crippen molar-refractivity contribution >= 4 is 11.9 Å². The van der Waals surface area contributed by atoms with E-state index in [0.717, 1.165) is 24.8 Å². The van der Waals surface area contributed by atoms with Gasteiger partial charge in [0.25, 0.3) is 0 Å². The highest BCUT2D eigenvalue weighted by Crippen LogP contribution is 2.19. The van der Waals surface area contributed by atoms with E-state index >= 15 is 0 Å². The molecule has 0 aromatic heterocycles. The molecule has 0 N–H and O–H groups in total. The van der Waals surface area contributed by atoms with Crippen LogP contribution in [0.25, 0.3) is 0 Å². The zero-order chi connectivity index (χ0) is 14.9. The summed E-state index contributed by atoms with van der Waals surface area (Å²) in [6.45, 7) is 0.341. The number of allylic oxidation sites excluding steroid dienone is 2. The second kappa shape index (κ2) is 8.25. The van der Waals surface area contributed by atoms with Gasteiger partial charge >= 0.3 is 11.9 Å². The molecule has 2 rings (SSSR count). The Morgan fingerprint density at radius 2 is 1.90 bits per heavy atom. The molecule has 0 bridgehead atoms. The van der Waals surface area contributed by atoms with E-state index < -0.39 is 0 Å². The maximum Gasteiger partial charge on any atom is 0.309 e. The third-order valence-corrected chi connectivity index (χ3v) is 3.40. The summed E-state index contributed by atoms with van der Waals surface area (Å²) in [4.78, 5) is 23.3. The first kappa shape index (κ1) is 15.3. The molecule has 0 saturated carbocycles. The fraction of sp³-hybridized carbons (Fsp3) is 0.412. The fourth-order valence-electron chi connectivity index (χ4n) is 2.17. The minimum Gasteiger partial charge on any atom is -0.465 e. The van der Waals surface area contributed by atoms with Crippen LogP contribution in [0.3, 0.4) is 0 Å². The Morgan fingerprint density at radius 1 is 1.10 bits per heavy atom. The maximum absolute atomic E-state index is 11.8. The van der Waals surface area contributed by atoms with Crippen LogP contribution in [0, 0.1) is 5.92 Å². The van der Waals surface area contributed by atoms with Gasteiger partial charge in [0, 0.05) is 0 Å². The summed E-state index contributed by atoms with van der Waals surface area (Å²) in [5, 5.41) is 0. The van der Waals surface area contributed by atoms with E-state index in [2.05, 4.69) is 6.08 Å². The normalized spacial score (nSPS) is 17.2. The predicted molar refractivity (Wildman–Crippen MR) is 78.3 cm³/mol. The lowest BCUT2D eigenvalue weighted by Gasteiger charge is -2.16. The Balaban J connectivity index is 1.60. The molecule has 1 aromatic carbocycles. The van der Waals surface area contributed by atoms with Gasteiger partial charge in [0.2, 0.25) is 0 Å². The van der Waals surface area contributed by atoms with E-state index in [1.165, 1.54) is 0 Å². The molecule has 1 aliphatic carbocycles. The smallest absolute Gasteiger partial charge is 0.309 e. The number of benzene rings is 1. The standard InChI is InChI=1S/C17H20O4/c18-16(21-13-14-7-3-1-4-8-14)11-12-20-17(19)15-9-5-2-6-10-15/h1-5,7-8,15H,6,9-13H2. The molecule has 21 heavy (non-hydrogen) atoms. The summed E-state index contributed by atoms with van der Waals surface area (Å²) in [5.74, 6) is -0.624. The van der Waals surface area contributed by atoms with Gasteiger partial charge in [0.15, 0.2) is 0 Å². The van der Waals surface area contributed by atoms with Gasteiger partial charge in [-0.2, -0.15) is 0 Å². The molecule has 0 spiro atoms. The molecular weight excluding hydrogens is 268 g/mol. The van der Waals surface area contributed by atoms with E-state index in [9.17, 15) is 9.59 Å². The Kier molecular flexibility index (Phi) is 6.00. The van der Waals surface area contributed by atoms with Gasteiger partial charge in [-0.15, -0.1) is 0 Å². The second-order valence-electron chi connectivity index (χ2n) is 5.05. The van der Waals surface area contributed by atoms with Crippen LogP contribution in [-0.2, 0) is 25.7 Å². The van der Waals surface area contributed by atoms with Crippen LogP contribution < -0.4 is 0 Å². The SMILES string of the molecule is O=C(CCOC(=O)C1CC=CCC1)OCc1ccccc1. The number of carbonyl (C=O) groups is 2. The molecule has 1 unspecified atom stereocenters. The lowest BCUT2D eigenvalue weighted by Crippen LogP contribution is -2.20. The monoisotopic (exact) mass is 288 g/mol. The number of hydrogen-bond donors (Lipinski definition) is 0. The zero-order valence-electron chi connectivity index (χ0n) is 12.0. The first-order chi connectivity index (χ1) is 10.3. The van der Waals surface area contributed by atoms with E-state index in [1.807, 2.05) is 36.4 Å². The van der Waals surface area contributed by atoms with Gasteiger partial charge < -0.3 is 9.47 Å². The molecular formula is C17H20O4. The average molecular weight is 288 g/mol. The summed E-state index contributed by atoms with van der Waals surface area (Å²) in [6.07, 6.45) is 6.65. The van der Waals surface area contributed by atoms with Crippen molar-refractivity contribution < 1.29 is 19.1 Å². The van der Waals surface area contributed by atoms with E-state index in [-0.39, 0.29) is 37.5 Å². The minimum absolute atomic E-state index is 0.0599. The van der Waals surface area contributed by atoms with Gasteiger partial charge in [-0.05, 0) is 24.8 Å². The third kappa shape index (κ3) is 5.42. The zero-order valence-corrected chi connectivity index (χ0v) is 12.0. The van der Waals surface area contributed by atoms with Crippen LogP contribution >= 0.6 is 0 Å². The van der Waals surface area contributed by atoms with Crippen molar-refractivity contribution in [1.82, 2.24) is 0 Å². The van der Waals surface area contributed by atoms with Crippen molar-refractivity contribution in [2.24, 2.45) is 5.92 Å². The fourth-order valence-corrected chi connectivity index (χ4v) is 2.17. The Hall–Kier alpha value is -2.10. The second-order valence-corrected chi connectivity index (χ2v) is 5.05. The van der Waals surface area contributed by atoms with Gasteiger partial charge in [-0.3, -0.25) is 9.59 Å². The average Bonchev–Trinajstić information content (AvgIpc) is 2.54. The van der Waals surface area contributed by atoms with Gasteiger partial charge in [0.1, 0.15) is 13.2 Å². The van der Waals surface area contributed by atoms with Crippen molar-refractivity contribution in [1.29, 1.82) is 0 Å². The van der Waals surface area contributed by atoms with Crippen molar-refractivity contribution in [2.45, 2.75) is 32.3 Å². The van der Waals surface area contributed by atoms with Crippen LogP contribution in [-0.4, -0.2) is 18.5 Å². The molecule has 0 fully saturated rings. The summed E-state index contributed by atoms with van der Waals surface area (Å²) in [5.41, 5.74) is 0.942. The number of esters is 2. The minimum atomic E-state index is -0.352. The highest BCUT2D eigenvalue weighted by molar-refractivity contribution is 5.74. The van der Waals surface area contributed by atoms with E-state index in [1.54, 1.807) is 0 Å². The van der Waals surface area contributed by atoms with Crippen molar-refractivity contribution in [2.75, 3.05) is 6.61 Å². The number of rotatable bonds is 6. The Bertz CT molecular complexity index is 493. The van der Waals surface area contributed by atoms with Gasteiger partial charge in [-0.1, -0.05) is 42.5 Å². The maximum atomic E-state index is 11.8. The summed E-state index contributed by atoms with van der Waals surface area (Å²) < 4.78 is 10.2. The first-order valence-electron chi connectivity index (χ1n) is 7.27. The molecule has 1 atom stereocenters. The summed E-state index contributed by atoms with van der Waals surface area (Å²) in [7, 11) is 0. The van der Waals surface area contributed by atoms with Crippen LogP contribution in [0.1, 0.15) is 31.2 Å². The van der Waals surface area contributed by atoms with Crippen LogP contribution in [0.5, 0.6) is 0 Å². The number of ether oxygens (including phenoxy) is 2. The van der Waals surface area contributed by atoms with Crippen molar-refractivity contribution in [3.63, 3.8) is 0 Å². The molecule has 0 aliphatic heterocycles. The molecule has 0 radical (unpaired) electrons. The third-order valence-electron chi connectivity index (χ3n) is 3.40. The highest BCUT2D eigenvalue weighted by Gasteiger charge is 2.20. The molecule has 0 amide bonds. The van der Waals surface area contributed by atoms with Crippen molar-refractivity contribution in [3.8, 4) is 0 Å². The quantitative estimate of drug-likeness (QED) is 0.596. The molecule has 1 aromatic rings. The summed E-state index contributed by atoms with van der Waals surface area (Å²) in [6, 6.07) is 9.48. The van der Waals surface area contributed by atoms with Crippen LogP contribution in [0.2, 0.25) is 0 Å². The largest absolute Gasteiger partial charge is 0.465 e. The Labute approximate surface area is 124 Å². The number of hydrogen-bond acceptors (Lipinski definition) is 4. The molecule has 1 aliphatic rings. The van der Waals surface area contributed by atoms with E-state index in [0.29, 0.717) is 0 Å². The highest BCUT2D eigenvalue weighted by atomic mass is 16.5. The number of carbonyl (C=O) groups excluding carboxylic acids is 2. The molecule has 0 saturated heterocycles. The molecule has 4 nitrogen and oxygen atoms in total. The lowest BCUT2D eigenvalue weighted by molar-refractivity contribution is -0.152. The molecule has 112 valence electrons. The topological polar surface area (TPSA) is 52.6 Å². The van der Waals surface area contributed by atoms with Gasteiger partial charge in [-0.25, -0.2) is 0 Å². The summed E-state index contributed by atoms with van der Waals surface area (Å²) >= 11 is 0. The van der Waals surface area contributed by atoms with E-state index in [4.69, 9.17) is 9.47 Å². The first-order valence-corrected chi connectivity index (χ1v) is 7.27. The lowest BCUT2D eigenvalue weighted by atomic mass is 9.95. The van der Waals surface area contributed by atoms with Gasteiger partial charge in [0.05, 0.1) is 12.3 Å². The molecule has 4 heteroatoms. The van der Waals surface area contributed by atoms with Crippen LogP contribution in [0.15, 0.2) is 42.5 Å². The predicted octanol–water partition coefficient (Wildman–Crippen LogP) is 3.02. The van der Waals surface area contributed by atoms with Crippen LogP contribution in [0.4, 0.5) is 0 Å². The Morgan fingerprint density at radius 3 is 2.62 bits per heavy atom.